The maximum atomic E-state index is 13.5. The molecule has 2 amide bonds. The van der Waals surface area contributed by atoms with Gasteiger partial charge in [-0.15, -0.1) is 0 Å². The molecule has 0 bridgehead atoms. The summed E-state index contributed by atoms with van der Waals surface area (Å²) in [6.45, 7) is 3.28. The molecule has 192 valence electrons. The minimum atomic E-state index is -3.94. The Morgan fingerprint density at radius 3 is 2.29 bits per heavy atom. The molecule has 35 heavy (non-hydrogen) atoms. The van der Waals surface area contributed by atoms with Crippen LogP contribution >= 0.6 is 0 Å². The molecule has 0 aliphatic heterocycles. The molecule has 0 saturated carbocycles. The number of nitrogens with zero attached hydrogens (tertiary/aromatic N) is 2. The second-order valence-electron chi connectivity index (χ2n) is 7.92. The highest BCUT2D eigenvalue weighted by Crippen LogP contribution is 2.34. The van der Waals surface area contributed by atoms with E-state index in [1.165, 1.54) is 55.5 Å². The average Bonchev–Trinajstić information content (AvgIpc) is 2.83. The van der Waals surface area contributed by atoms with Crippen molar-refractivity contribution in [1.82, 2.24) is 10.2 Å². The molecule has 0 unspecified atom stereocenters. The molecule has 9 nitrogen and oxygen atoms in total. The van der Waals surface area contributed by atoms with E-state index in [1.807, 2.05) is 6.92 Å². The van der Waals surface area contributed by atoms with Gasteiger partial charge in [-0.25, -0.2) is 12.8 Å². The van der Waals surface area contributed by atoms with Crippen molar-refractivity contribution in [3.8, 4) is 11.5 Å². The number of amides is 2. The molecular formula is C24H32FN3O6S. The van der Waals surface area contributed by atoms with Gasteiger partial charge < -0.3 is 19.7 Å². The summed E-state index contributed by atoms with van der Waals surface area (Å²) in [4.78, 5) is 27.5. The number of carbonyl (C=O) groups excluding carboxylic acids is 2. The van der Waals surface area contributed by atoms with Crippen molar-refractivity contribution >= 4 is 27.5 Å². The Labute approximate surface area is 205 Å². The molecule has 2 aromatic rings. The number of nitrogens with one attached hydrogen (secondary N) is 1. The number of sulfonamides is 1. The molecule has 0 aliphatic rings. The van der Waals surface area contributed by atoms with Gasteiger partial charge in [0.2, 0.25) is 21.8 Å². The highest BCUT2D eigenvalue weighted by atomic mass is 32.2. The van der Waals surface area contributed by atoms with Crippen LogP contribution in [-0.4, -0.2) is 64.7 Å². The van der Waals surface area contributed by atoms with Crippen LogP contribution in [-0.2, 0) is 26.2 Å². The largest absolute Gasteiger partial charge is 0.497 e. The fourth-order valence-electron chi connectivity index (χ4n) is 3.35. The number of benzene rings is 2. The molecule has 11 heteroatoms. The van der Waals surface area contributed by atoms with Crippen LogP contribution in [0.1, 0.15) is 25.8 Å². The fourth-order valence-corrected chi connectivity index (χ4v) is 4.20. The summed E-state index contributed by atoms with van der Waals surface area (Å²) in [6.07, 6.45) is 1.68. The fraction of sp³-hybridized carbons (Fsp3) is 0.417. The van der Waals surface area contributed by atoms with E-state index in [1.54, 1.807) is 13.0 Å². The molecule has 0 radical (unpaired) electrons. The van der Waals surface area contributed by atoms with Crippen molar-refractivity contribution in [2.24, 2.45) is 0 Å². The first-order valence-corrected chi connectivity index (χ1v) is 12.9. The van der Waals surface area contributed by atoms with Gasteiger partial charge in [0.25, 0.3) is 0 Å². The molecule has 0 saturated heterocycles. The van der Waals surface area contributed by atoms with Crippen molar-refractivity contribution < 1.29 is 31.9 Å². The van der Waals surface area contributed by atoms with Crippen molar-refractivity contribution in [3.63, 3.8) is 0 Å². The summed E-state index contributed by atoms with van der Waals surface area (Å²) in [6, 6.07) is 9.20. The number of ether oxygens (including phenoxy) is 2. The molecule has 1 atom stereocenters. The van der Waals surface area contributed by atoms with Crippen LogP contribution in [0.25, 0.3) is 0 Å². The standard InChI is InChI=1S/C24H32FN3O6S/c1-6-13-26-24(30)17(2)27(15-18-7-9-19(25)10-8-18)23(29)16-28(35(5,31)32)21-14-20(33-3)11-12-22(21)34-4/h7-12,14,17H,6,13,15-16H2,1-5H3,(H,26,30)/t17-/m0/s1. The van der Waals surface area contributed by atoms with Gasteiger partial charge >= 0.3 is 0 Å². The van der Waals surface area contributed by atoms with Gasteiger partial charge in [0.05, 0.1) is 26.2 Å². The SMILES string of the molecule is CCCNC(=O)[C@H](C)N(Cc1ccc(F)cc1)C(=O)CN(c1cc(OC)ccc1OC)S(C)(=O)=O. The van der Waals surface area contributed by atoms with Crippen LogP contribution in [0.3, 0.4) is 0 Å². The monoisotopic (exact) mass is 509 g/mol. The molecule has 1 N–H and O–H groups in total. The topological polar surface area (TPSA) is 105 Å². The third-order valence-electron chi connectivity index (χ3n) is 5.32. The maximum absolute atomic E-state index is 13.5. The minimum absolute atomic E-state index is 0.0212. The number of methoxy groups -OCH3 is 2. The van der Waals surface area contributed by atoms with Gasteiger partial charge in [0.15, 0.2) is 0 Å². The van der Waals surface area contributed by atoms with Crippen LogP contribution in [0.5, 0.6) is 11.5 Å². The Kier molecular flexibility index (Phi) is 9.88. The van der Waals surface area contributed by atoms with Crippen LogP contribution in [0.2, 0.25) is 0 Å². The van der Waals surface area contributed by atoms with Gasteiger partial charge in [-0.05, 0) is 43.2 Å². The van der Waals surface area contributed by atoms with Crippen molar-refractivity contribution in [2.75, 3.05) is 37.9 Å². The second-order valence-corrected chi connectivity index (χ2v) is 9.83. The lowest BCUT2D eigenvalue weighted by molar-refractivity contribution is -0.139. The quantitative estimate of drug-likeness (QED) is 0.472. The summed E-state index contributed by atoms with van der Waals surface area (Å²) >= 11 is 0. The van der Waals surface area contributed by atoms with E-state index in [-0.39, 0.29) is 23.9 Å². The summed E-state index contributed by atoms with van der Waals surface area (Å²) in [5.41, 5.74) is 0.701. The maximum Gasteiger partial charge on any atom is 0.244 e. The first kappa shape index (κ1) is 27.9. The molecule has 0 aliphatic carbocycles. The van der Waals surface area contributed by atoms with E-state index >= 15 is 0 Å². The number of carbonyl (C=O) groups is 2. The van der Waals surface area contributed by atoms with Gasteiger partial charge in [0, 0.05) is 19.2 Å². The minimum Gasteiger partial charge on any atom is -0.497 e. The van der Waals surface area contributed by atoms with Crippen LogP contribution < -0.4 is 19.1 Å². The zero-order valence-corrected chi connectivity index (χ0v) is 21.4. The molecule has 2 aromatic carbocycles. The van der Waals surface area contributed by atoms with Gasteiger partial charge in [-0.1, -0.05) is 19.1 Å². The van der Waals surface area contributed by atoms with Gasteiger partial charge in [-0.2, -0.15) is 0 Å². The predicted octanol–water partition coefficient (Wildman–Crippen LogP) is 2.55. The molecular weight excluding hydrogens is 477 g/mol. The van der Waals surface area contributed by atoms with E-state index < -0.39 is 34.3 Å². The Hall–Kier alpha value is -3.34. The van der Waals surface area contributed by atoms with Gasteiger partial charge in [-0.3, -0.25) is 13.9 Å². The second kappa shape index (κ2) is 12.4. The smallest absolute Gasteiger partial charge is 0.244 e. The van der Waals surface area contributed by atoms with Crippen molar-refractivity contribution in [1.29, 1.82) is 0 Å². The van der Waals surface area contributed by atoms with E-state index in [9.17, 15) is 22.4 Å². The van der Waals surface area contributed by atoms with Gasteiger partial charge in [0.1, 0.15) is 29.9 Å². The van der Waals surface area contributed by atoms with Crippen LogP contribution in [0.15, 0.2) is 42.5 Å². The van der Waals surface area contributed by atoms with Crippen LogP contribution in [0, 0.1) is 5.82 Å². The lowest BCUT2D eigenvalue weighted by atomic mass is 10.1. The van der Waals surface area contributed by atoms with E-state index in [4.69, 9.17) is 9.47 Å². The lowest BCUT2D eigenvalue weighted by Gasteiger charge is -2.32. The lowest BCUT2D eigenvalue weighted by Crippen LogP contribution is -2.51. The number of rotatable bonds is 12. The molecule has 2 rings (SSSR count). The molecule has 0 heterocycles. The number of halogens is 1. The first-order valence-electron chi connectivity index (χ1n) is 11.0. The predicted molar refractivity (Wildman–Crippen MR) is 131 cm³/mol. The molecule has 0 spiro atoms. The Balaban J connectivity index is 2.45. The Morgan fingerprint density at radius 1 is 1.09 bits per heavy atom. The summed E-state index contributed by atoms with van der Waals surface area (Å²) < 4.78 is 50.3. The third-order valence-corrected chi connectivity index (χ3v) is 6.44. The summed E-state index contributed by atoms with van der Waals surface area (Å²) in [5, 5.41) is 2.75. The van der Waals surface area contributed by atoms with E-state index in [0.29, 0.717) is 24.3 Å². The van der Waals surface area contributed by atoms with Crippen LogP contribution in [0.4, 0.5) is 10.1 Å². The first-order chi connectivity index (χ1) is 16.5. The Bertz CT molecular complexity index is 1120. The number of anilines is 1. The van der Waals surface area contributed by atoms with E-state index in [0.717, 1.165) is 10.6 Å². The highest BCUT2D eigenvalue weighted by Gasteiger charge is 2.31. The zero-order valence-electron chi connectivity index (χ0n) is 20.6. The summed E-state index contributed by atoms with van der Waals surface area (Å²) in [5.74, 6) is -0.843. The average molecular weight is 510 g/mol. The normalized spacial score (nSPS) is 11.9. The molecule has 0 fully saturated rings. The third kappa shape index (κ3) is 7.57. The zero-order chi connectivity index (χ0) is 26.2. The summed E-state index contributed by atoms with van der Waals surface area (Å²) in [7, 11) is -1.13. The number of hydrogen-bond acceptors (Lipinski definition) is 6. The molecule has 0 aromatic heterocycles. The van der Waals surface area contributed by atoms with Crippen molar-refractivity contribution in [2.45, 2.75) is 32.9 Å². The Morgan fingerprint density at radius 2 is 1.74 bits per heavy atom. The number of hydrogen-bond donors (Lipinski definition) is 1. The van der Waals surface area contributed by atoms with E-state index in [2.05, 4.69) is 5.32 Å². The highest BCUT2D eigenvalue weighted by molar-refractivity contribution is 7.92. The van der Waals surface area contributed by atoms with Crippen molar-refractivity contribution in [3.05, 3.63) is 53.8 Å².